The molecule has 1 fully saturated rings. The lowest BCUT2D eigenvalue weighted by Crippen LogP contribution is -2.54. The third-order valence-corrected chi connectivity index (χ3v) is 5.31. The topological polar surface area (TPSA) is 96.2 Å². The van der Waals surface area contributed by atoms with Crippen molar-refractivity contribution in [3.8, 4) is 0 Å². The van der Waals surface area contributed by atoms with E-state index in [1.807, 2.05) is 30.3 Å². The van der Waals surface area contributed by atoms with E-state index in [2.05, 4.69) is 0 Å². The highest BCUT2D eigenvalue weighted by molar-refractivity contribution is 6.31. The van der Waals surface area contributed by atoms with Crippen LogP contribution in [-0.2, 0) is 27.1 Å². The number of carbonyl (C=O) groups excluding carboxylic acids is 1. The van der Waals surface area contributed by atoms with E-state index in [-0.39, 0.29) is 0 Å². The second kappa shape index (κ2) is 9.13. The highest BCUT2D eigenvalue weighted by Crippen LogP contribution is 2.34. The quantitative estimate of drug-likeness (QED) is 0.633. The molecular weight excluding hydrogens is 384 g/mol. The lowest BCUT2D eigenvalue weighted by Gasteiger charge is -2.40. The Balaban J connectivity index is 1.83. The third kappa shape index (κ3) is 4.43. The molecule has 6 nitrogen and oxygen atoms in total. The van der Waals surface area contributed by atoms with Crippen molar-refractivity contribution in [3.63, 3.8) is 0 Å². The summed E-state index contributed by atoms with van der Waals surface area (Å²) in [6.45, 7) is 0. The molecular formula is C21H23ClO6. The zero-order valence-corrected chi connectivity index (χ0v) is 16.1. The first kappa shape index (κ1) is 20.9. The Labute approximate surface area is 168 Å². The number of hydrogen-bond donors (Lipinski definition) is 3. The van der Waals surface area contributed by atoms with Crippen LogP contribution in [0.15, 0.2) is 42.5 Å². The number of rotatable bonds is 6. The van der Waals surface area contributed by atoms with E-state index < -0.39 is 30.7 Å². The van der Waals surface area contributed by atoms with Gasteiger partial charge in [0, 0.05) is 18.6 Å². The number of ether oxygens (including phenoxy) is 2. The van der Waals surface area contributed by atoms with Crippen molar-refractivity contribution in [2.45, 2.75) is 43.5 Å². The summed E-state index contributed by atoms with van der Waals surface area (Å²) in [5.74, 6) is 0. The Morgan fingerprint density at radius 3 is 2.36 bits per heavy atom. The molecule has 1 aliphatic rings. The van der Waals surface area contributed by atoms with E-state index in [0.29, 0.717) is 23.4 Å². The summed E-state index contributed by atoms with van der Waals surface area (Å²) in [7, 11) is 1.36. The monoisotopic (exact) mass is 406 g/mol. The van der Waals surface area contributed by atoms with Gasteiger partial charge in [0.2, 0.25) is 0 Å². The van der Waals surface area contributed by atoms with E-state index in [1.54, 1.807) is 12.1 Å². The molecule has 0 spiro atoms. The summed E-state index contributed by atoms with van der Waals surface area (Å²) in [4.78, 5) is 10.6. The van der Waals surface area contributed by atoms with Crippen LogP contribution in [0.5, 0.6) is 0 Å². The van der Waals surface area contributed by atoms with Gasteiger partial charge in [-0.3, -0.25) is 0 Å². The fourth-order valence-corrected chi connectivity index (χ4v) is 3.52. The second-order valence-electron chi connectivity index (χ2n) is 6.85. The lowest BCUT2D eigenvalue weighted by atomic mass is 9.92. The Hall–Kier alpha value is -1.80. The van der Waals surface area contributed by atoms with Crippen molar-refractivity contribution in [1.29, 1.82) is 0 Å². The highest BCUT2D eigenvalue weighted by Gasteiger charge is 2.44. The molecule has 2 aromatic carbocycles. The van der Waals surface area contributed by atoms with Crippen LogP contribution in [0.1, 0.15) is 28.4 Å². The maximum atomic E-state index is 10.6. The summed E-state index contributed by atoms with van der Waals surface area (Å²) < 4.78 is 10.7. The average molecular weight is 407 g/mol. The molecule has 0 amide bonds. The predicted octanol–water partition coefficient (Wildman–Crippen LogP) is 1.80. The molecule has 1 heterocycles. The van der Waals surface area contributed by atoms with Gasteiger partial charge in [0.15, 0.2) is 6.29 Å². The van der Waals surface area contributed by atoms with Gasteiger partial charge in [-0.25, -0.2) is 0 Å². The zero-order chi connectivity index (χ0) is 20.3. The van der Waals surface area contributed by atoms with Crippen molar-refractivity contribution >= 4 is 17.9 Å². The molecule has 0 aliphatic carbocycles. The fraction of sp³-hybridized carbons (Fsp3) is 0.381. The van der Waals surface area contributed by atoms with E-state index in [0.717, 1.165) is 23.0 Å². The number of hydrogen-bond acceptors (Lipinski definition) is 6. The van der Waals surface area contributed by atoms with Crippen LogP contribution in [0.3, 0.4) is 0 Å². The summed E-state index contributed by atoms with van der Waals surface area (Å²) in [6, 6.07) is 12.9. The maximum absolute atomic E-state index is 10.6. The lowest BCUT2D eigenvalue weighted by molar-refractivity contribution is -0.292. The molecule has 7 heteroatoms. The Bertz CT molecular complexity index is 807. The Kier molecular flexibility index (Phi) is 6.82. The molecule has 1 saturated heterocycles. The van der Waals surface area contributed by atoms with E-state index in [4.69, 9.17) is 21.1 Å². The molecule has 0 unspecified atom stereocenters. The van der Waals surface area contributed by atoms with Crippen LogP contribution >= 0.6 is 11.6 Å². The molecule has 0 bridgehead atoms. The van der Waals surface area contributed by atoms with Gasteiger partial charge in [-0.15, -0.1) is 0 Å². The van der Waals surface area contributed by atoms with Gasteiger partial charge < -0.3 is 29.6 Å². The first-order valence-electron chi connectivity index (χ1n) is 8.96. The van der Waals surface area contributed by atoms with Crippen molar-refractivity contribution < 1.29 is 29.6 Å². The molecule has 5 atom stereocenters. The molecule has 0 aromatic heterocycles. The van der Waals surface area contributed by atoms with E-state index >= 15 is 0 Å². The number of aldehydes is 1. The van der Waals surface area contributed by atoms with Crippen LogP contribution in [0.4, 0.5) is 0 Å². The molecule has 0 saturated carbocycles. The minimum atomic E-state index is -1.40. The molecule has 0 radical (unpaired) electrons. The summed E-state index contributed by atoms with van der Waals surface area (Å²) in [5, 5.41) is 30.9. The first-order chi connectivity index (χ1) is 13.4. The third-order valence-electron chi connectivity index (χ3n) is 4.94. The van der Waals surface area contributed by atoms with Gasteiger partial charge in [0.25, 0.3) is 0 Å². The van der Waals surface area contributed by atoms with Gasteiger partial charge in [-0.2, -0.15) is 0 Å². The minimum Gasteiger partial charge on any atom is -0.387 e. The summed E-state index contributed by atoms with van der Waals surface area (Å²) >= 11 is 6.35. The average Bonchev–Trinajstić information content (AvgIpc) is 2.70. The van der Waals surface area contributed by atoms with E-state index in [1.165, 1.54) is 7.11 Å². The largest absolute Gasteiger partial charge is 0.387 e. The molecule has 150 valence electrons. The Morgan fingerprint density at radius 2 is 1.71 bits per heavy atom. The van der Waals surface area contributed by atoms with E-state index in [9.17, 15) is 20.1 Å². The first-order valence-corrected chi connectivity index (χ1v) is 9.34. The van der Waals surface area contributed by atoms with Gasteiger partial charge in [0.1, 0.15) is 30.7 Å². The number of methoxy groups -OCH3 is 1. The van der Waals surface area contributed by atoms with Crippen molar-refractivity contribution in [2.24, 2.45) is 0 Å². The number of aliphatic hydroxyl groups is 3. The fourth-order valence-electron chi connectivity index (χ4n) is 3.33. The molecule has 2 aromatic rings. The van der Waals surface area contributed by atoms with Crippen molar-refractivity contribution in [3.05, 3.63) is 69.7 Å². The molecule has 1 aliphatic heterocycles. The second-order valence-corrected chi connectivity index (χ2v) is 7.25. The summed E-state index contributed by atoms with van der Waals surface area (Å²) in [5.41, 5.74) is 3.41. The van der Waals surface area contributed by atoms with Crippen LogP contribution in [0.25, 0.3) is 0 Å². The standard InChI is InChI=1S/C21H23ClO6/c1-27-21-19(26)17(24)18(25)20(28-21)14-6-7-16(22)15(11-14)10-13-4-2-12(3-5-13)8-9-23/h2-7,9,11,17-21,24-26H,8,10H2,1H3/t17-,18-,19+,20+,21+/m1/s1. The van der Waals surface area contributed by atoms with Crippen LogP contribution in [0.2, 0.25) is 5.02 Å². The normalized spacial score (nSPS) is 27.5. The maximum Gasteiger partial charge on any atom is 0.186 e. The van der Waals surface area contributed by atoms with Gasteiger partial charge in [0.05, 0.1) is 0 Å². The minimum absolute atomic E-state index is 0.377. The zero-order valence-electron chi connectivity index (χ0n) is 15.4. The highest BCUT2D eigenvalue weighted by atomic mass is 35.5. The molecule has 3 rings (SSSR count). The van der Waals surface area contributed by atoms with Crippen LogP contribution in [-0.4, -0.2) is 53.3 Å². The van der Waals surface area contributed by atoms with Gasteiger partial charge in [-0.05, 0) is 34.7 Å². The predicted molar refractivity (Wildman–Crippen MR) is 103 cm³/mol. The number of carbonyl (C=O) groups is 1. The van der Waals surface area contributed by atoms with Gasteiger partial charge >= 0.3 is 0 Å². The van der Waals surface area contributed by atoms with Crippen molar-refractivity contribution in [1.82, 2.24) is 0 Å². The van der Waals surface area contributed by atoms with Gasteiger partial charge in [-0.1, -0.05) is 48.0 Å². The Morgan fingerprint density at radius 1 is 1.04 bits per heavy atom. The number of aliphatic hydroxyl groups excluding tert-OH is 3. The molecule has 28 heavy (non-hydrogen) atoms. The van der Waals surface area contributed by atoms with Crippen LogP contribution < -0.4 is 0 Å². The van der Waals surface area contributed by atoms with Crippen LogP contribution in [0, 0.1) is 0 Å². The SMILES string of the molecule is CO[C@H]1O[C@@H](c2ccc(Cl)c(Cc3ccc(CC=O)cc3)c2)[C@H](O)[C@@H](O)[C@@H]1O. The summed E-state index contributed by atoms with van der Waals surface area (Å²) in [6.07, 6.45) is -4.16. The smallest absolute Gasteiger partial charge is 0.186 e. The number of benzene rings is 2. The number of halogens is 1. The van der Waals surface area contributed by atoms with Crippen molar-refractivity contribution in [2.75, 3.05) is 7.11 Å². The molecule has 3 N–H and O–H groups in total.